The summed E-state index contributed by atoms with van der Waals surface area (Å²) in [6.07, 6.45) is 0.300. The molecule has 0 bridgehead atoms. The first kappa shape index (κ1) is 13.7. The van der Waals surface area contributed by atoms with Crippen molar-refractivity contribution in [3.63, 3.8) is 0 Å². The van der Waals surface area contributed by atoms with Gasteiger partial charge in [-0.2, -0.15) is 0 Å². The summed E-state index contributed by atoms with van der Waals surface area (Å²) in [5.74, 6) is 0.932. The van der Waals surface area contributed by atoms with Gasteiger partial charge in [0.2, 0.25) is 0 Å². The molecule has 4 heteroatoms. The quantitative estimate of drug-likeness (QED) is 0.839. The van der Waals surface area contributed by atoms with Gasteiger partial charge < -0.3 is 9.47 Å². The molecule has 1 saturated heterocycles. The zero-order valence-corrected chi connectivity index (χ0v) is 11.7. The standard InChI is InChI=1S/C14H20ClNO2/c1-3-17-14-5-4-13(15)8-12(14)10-16-6-7-18-11(2)9-16/h4-5,8,11H,3,6-7,9-10H2,1-2H3/t11-/m1/s1. The first-order valence-corrected chi connectivity index (χ1v) is 6.82. The lowest BCUT2D eigenvalue weighted by molar-refractivity contribution is -0.0214. The van der Waals surface area contributed by atoms with Crippen LogP contribution in [-0.4, -0.2) is 37.3 Å². The molecule has 0 amide bonds. The molecule has 18 heavy (non-hydrogen) atoms. The van der Waals surface area contributed by atoms with Crippen molar-refractivity contribution < 1.29 is 9.47 Å². The van der Waals surface area contributed by atoms with E-state index in [-0.39, 0.29) is 0 Å². The monoisotopic (exact) mass is 269 g/mol. The normalized spacial score (nSPS) is 20.9. The summed E-state index contributed by atoms with van der Waals surface area (Å²) in [5, 5.41) is 0.759. The van der Waals surface area contributed by atoms with Gasteiger partial charge >= 0.3 is 0 Å². The molecular weight excluding hydrogens is 250 g/mol. The van der Waals surface area contributed by atoms with Gasteiger partial charge in [0.15, 0.2) is 0 Å². The predicted octanol–water partition coefficient (Wildman–Crippen LogP) is 2.96. The molecule has 0 aliphatic carbocycles. The SMILES string of the molecule is CCOc1ccc(Cl)cc1CN1CCO[C@H](C)C1. The van der Waals surface area contributed by atoms with Crippen LogP contribution in [0.2, 0.25) is 5.02 Å². The molecule has 0 N–H and O–H groups in total. The number of halogens is 1. The minimum Gasteiger partial charge on any atom is -0.494 e. The lowest BCUT2D eigenvalue weighted by Crippen LogP contribution is -2.40. The van der Waals surface area contributed by atoms with Gasteiger partial charge in [-0.15, -0.1) is 0 Å². The summed E-state index contributed by atoms with van der Waals surface area (Å²) in [4.78, 5) is 2.38. The molecule has 3 nitrogen and oxygen atoms in total. The summed E-state index contributed by atoms with van der Waals surface area (Å²) in [6, 6.07) is 5.82. The molecule has 1 atom stereocenters. The van der Waals surface area contributed by atoms with Crippen molar-refractivity contribution in [2.24, 2.45) is 0 Å². The Hall–Kier alpha value is -0.770. The van der Waals surface area contributed by atoms with Gasteiger partial charge in [0.05, 0.1) is 19.3 Å². The van der Waals surface area contributed by atoms with Crippen LogP contribution in [0.1, 0.15) is 19.4 Å². The van der Waals surface area contributed by atoms with E-state index in [0.717, 1.165) is 42.6 Å². The largest absolute Gasteiger partial charge is 0.494 e. The highest BCUT2D eigenvalue weighted by Gasteiger charge is 2.18. The summed E-state index contributed by atoms with van der Waals surface area (Å²) >= 11 is 6.06. The Labute approximate surface area is 114 Å². The lowest BCUT2D eigenvalue weighted by atomic mass is 10.1. The maximum Gasteiger partial charge on any atom is 0.123 e. The van der Waals surface area contributed by atoms with E-state index in [4.69, 9.17) is 21.1 Å². The Kier molecular flexibility index (Phi) is 4.87. The van der Waals surface area contributed by atoms with Crippen molar-refractivity contribution in [2.75, 3.05) is 26.3 Å². The average molecular weight is 270 g/mol. The topological polar surface area (TPSA) is 21.7 Å². The van der Waals surface area contributed by atoms with Gasteiger partial charge in [-0.1, -0.05) is 11.6 Å². The molecule has 100 valence electrons. The average Bonchev–Trinajstić information content (AvgIpc) is 2.33. The molecule has 0 aromatic heterocycles. The maximum absolute atomic E-state index is 6.06. The Morgan fingerprint density at radius 1 is 1.50 bits per heavy atom. The minimum absolute atomic E-state index is 0.300. The number of hydrogen-bond donors (Lipinski definition) is 0. The van der Waals surface area contributed by atoms with Crippen LogP contribution in [0.5, 0.6) is 5.75 Å². The third kappa shape index (κ3) is 3.61. The fourth-order valence-corrected chi connectivity index (χ4v) is 2.44. The predicted molar refractivity (Wildman–Crippen MR) is 73.3 cm³/mol. The van der Waals surface area contributed by atoms with Crippen LogP contribution in [0.3, 0.4) is 0 Å². The molecule has 1 fully saturated rings. The summed E-state index contributed by atoms with van der Waals surface area (Å²) in [5.41, 5.74) is 1.15. The van der Waals surface area contributed by atoms with Gasteiger partial charge in [-0.25, -0.2) is 0 Å². The van der Waals surface area contributed by atoms with Gasteiger partial charge in [0.1, 0.15) is 5.75 Å². The van der Waals surface area contributed by atoms with E-state index in [1.54, 1.807) is 0 Å². The van der Waals surface area contributed by atoms with Crippen molar-refractivity contribution >= 4 is 11.6 Å². The van der Waals surface area contributed by atoms with Crippen molar-refractivity contribution in [1.29, 1.82) is 0 Å². The molecule has 0 spiro atoms. The van der Waals surface area contributed by atoms with Gasteiger partial charge in [0.25, 0.3) is 0 Å². The molecule has 1 aromatic carbocycles. The molecule has 1 aromatic rings. The van der Waals surface area contributed by atoms with E-state index >= 15 is 0 Å². The third-order valence-corrected chi connectivity index (χ3v) is 3.28. The van der Waals surface area contributed by atoms with E-state index in [0.29, 0.717) is 12.7 Å². The zero-order valence-electron chi connectivity index (χ0n) is 11.0. The third-order valence-electron chi connectivity index (χ3n) is 3.04. The second-order valence-corrected chi connectivity index (χ2v) is 5.04. The number of morpholine rings is 1. The smallest absolute Gasteiger partial charge is 0.123 e. The molecule has 1 aliphatic heterocycles. The van der Waals surface area contributed by atoms with Gasteiger partial charge in [-0.05, 0) is 32.0 Å². The first-order valence-electron chi connectivity index (χ1n) is 6.44. The number of hydrogen-bond acceptors (Lipinski definition) is 3. The Bertz CT molecular complexity index is 397. The molecular formula is C14H20ClNO2. The number of nitrogens with zero attached hydrogens (tertiary/aromatic N) is 1. The van der Waals surface area contributed by atoms with Crippen LogP contribution in [-0.2, 0) is 11.3 Å². The van der Waals surface area contributed by atoms with Crippen molar-refractivity contribution in [1.82, 2.24) is 4.90 Å². The van der Waals surface area contributed by atoms with Gasteiger partial charge in [-0.3, -0.25) is 4.90 Å². The van der Waals surface area contributed by atoms with E-state index in [1.807, 2.05) is 25.1 Å². The lowest BCUT2D eigenvalue weighted by Gasteiger charge is -2.31. The van der Waals surface area contributed by atoms with Crippen LogP contribution < -0.4 is 4.74 Å². The molecule has 1 heterocycles. The maximum atomic E-state index is 6.06. The second-order valence-electron chi connectivity index (χ2n) is 4.60. The fraction of sp³-hybridized carbons (Fsp3) is 0.571. The Balaban J connectivity index is 2.08. The second kappa shape index (κ2) is 6.41. The van der Waals surface area contributed by atoms with Crippen LogP contribution in [0.4, 0.5) is 0 Å². The summed E-state index contributed by atoms with van der Waals surface area (Å²) < 4.78 is 11.2. The van der Waals surface area contributed by atoms with Crippen molar-refractivity contribution in [2.45, 2.75) is 26.5 Å². The van der Waals surface area contributed by atoms with E-state index in [1.165, 1.54) is 0 Å². The van der Waals surface area contributed by atoms with Crippen LogP contribution >= 0.6 is 11.6 Å². The Morgan fingerprint density at radius 3 is 3.06 bits per heavy atom. The molecule has 0 radical (unpaired) electrons. The number of ether oxygens (including phenoxy) is 2. The highest BCUT2D eigenvalue weighted by molar-refractivity contribution is 6.30. The van der Waals surface area contributed by atoms with Gasteiger partial charge in [0, 0.05) is 30.2 Å². The van der Waals surface area contributed by atoms with Crippen LogP contribution in [0, 0.1) is 0 Å². The highest BCUT2D eigenvalue weighted by atomic mass is 35.5. The van der Waals surface area contributed by atoms with Crippen LogP contribution in [0.15, 0.2) is 18.2 Å². The molecule has 1 aliphatic rings. The number of rotatable bonds is 4. The summed E-state index contributed by atoms with van der Waals surface area (Å²) in [6.45, 7) is 8.35. The molecule has 0 unspecified atom stereocenters. The minimum atomic E-state index is 0.300. The van der Waals surface area contributed by atoms with E-state index < -0.39 is 0 Å². The molecule has 0 saturated carbocycles. The van der Waals surface area contributed by atoms with Crippen molar-refractivity contribution in [3.8, 4) is 5.75 Å². The molecule has 2 rings (SSSR count). The zero-order chi connectivity index (χ0) is 13.0. The van der Waals surface area contributed by atoms with E-state index in [9.17, 15) is 0 Å². The van der Waals surface area contributed by atoms with Crippen molar-refractivity contribution in [3.05, 3.63) is 28.8 Å². The van der Waals surface area contributed by atoms with E-state index in [2.05, 4.69) is 11.8 Å². The fourth-order valence-electron chi connectivity index (χ4n) is 2.24. The highest BCUT2D eigenvalue weighted by Crippen LogP contribution is 2.25. The number of benzene rings is 1. The Morgan fingerprint density at radius 2 is 2.33 bits per heavy atom. The first-order chi connectivity index (χ1) is 8.69. The summed E-state index contributed by atoms with van der Waals surface area (Å²) in [7, 11) is 0. The van der Waals surface area contributed by atoms with Crippen LogP contribution in [0.25, 0.3) is 0 Å².